The maximum Gasteiger partial charge on any atom is 0.134 e. The normalized spacial score (nSPS) is 17.4. The highest BCUT2D eigenvalue weighted by molar-refractivity contribution is 5.88. The Morgan fingerprint density at radius 1 is 1.18 bits per heavy atom. The molecular formula is C13H15N3O. The van der Waals surface area contributed by atoms with E-state index in [1.807, 2.05) is 6.07 Å². The highest BCUT2D eigenvalue weighted by atomic mass is 16.5. The molecule has 0 bridgehead atoms. The second-order valence-electron chi connectivity index (χ2n) is 4.42. The topological polar surface area (TPSA) is 61.0 Å². The summed E-state index contributed by atoms with van der Waals surface area (Å²) in [7, 11) is 0. The van der Waals surface area contributed by atoms with Crippen LogP contribution < -0.4 is 5.73 Å². The van der Waals surface area contributed by atoms with Gasteiger partial charge in [0.25, 0.3) is 0 Å². The third kappa shape index (κ3) is 1.96. The number of nitrogen functional groups attached to an aromatic ring is 1. The molecule has 0 aliphatic carbocycles. The van der Waals surface area contributed by atoms with Crippen molar-refractivity contribution in [3.05, 3.63) is 30.1 Å². The SMILES string of the molecule is Nc1ncnc2ccc(C3CCOCC3)cc12. The van der Waals surface area contributed by atoms with E-state index in [0.717, 1.165) is 37.0 Å². The van der Waals surface area contributed by atoms with E-state index < -0.39 is 0 Å². The summed E-state index contributed by atoms with van der Waals surface area (Å²) in [5.74, 6) is 1.14. The van der Waals surface area contributed by atoms with Gasteiger partial charge in [-0.1, -0.05) is 6.07 Å². The molecule has 0 amide bonds. The fraction of sp³-hybridized carbons (Fsp3) is 0.385. The highest BCUT2D eigenvalue weighted by Crippen LogP contribution is 2.29. The molecule has 17 heavy (non-hydrogen) atoms. The van der Waals surface area contributed by atoms with Crippen LogP contribution >= 0.6 is 0 Å². The average molecular weight is 229 g/mol. The maximum absolute atomic E-state index is 5.88. The smallest absolute Gasteiger partial charge is 0.134 e. The first-order valence-electron chi connectivity index (χ1n) is 5.92. The van der Waals surface area contributed by atoms with E-state index in [1.54, 1.807) is 0 Å². The molecule has 2 aromatic rings. The van der Waals surface area contributed by atoms with Crippen LogP contribution in [0.3, 0.4) is 0 Å². The minimum absolute atomic E-state index is 0.559. The van der Waals surface area contributed by atoms with E-state index in [9.17, 15) is 0 Å². The standard InChI is InChI=1S/C13H15N3O/c14-13-11-7-10(9-3-5-17-6-4-9)1-2-12(11)15-8-16-13/h1-2,7-9H,3-6H2,(H2,14,15,16). The summed E-state index contributed by atoms with van der Waals surface area (Å²) in [6.45, 7) is 1.70. The minimum Gasteiger partial charge on any atom is -0.383 e. The lowest BCUT2D eigenvalue weighted by atomic mass is 9.91. The summed E-state index contributed by atoms with van der Waals surface area (Å²) in [6.07, 6.45) is 3.67. The van der Waals surface area contributed by atoms with E-state index in [-0.39, 0.29) is 0 Å². The lowest BCUT2D eigenvalue weighted by Crippen LogP contribution is -2.14. The Bertz CT molecular complexity index is 535. The molecule has 1 aromatic heterocycles. The molecule has 0 unspecified atom stereocenters. The molecule has 4 heteroatoms. The van der Waals surface area contributed by atoms with Crippen molar-refractivity contribution in [3.8, 4) is 0 Å². The van der Waals surface area contributed by atoms with Gasteiger partial charge in [0.2, 0.25) is 0 Å². The molecule has 88 valence electrons. The highest BCUT2D eigenvalue weighted by Gasteiger charge is 2.16. The molecule has 1 aliphatic rings. The Morgan fingerprint density at radius 3 is 2.82 bits per heavy atom. The molecule has 1 aromatic carbocycles. The molecule has 0 atom stereocenters. The van der Waals surface area contributed by atoms with Gasteiger partial charge in [0.1, 0.15) is 12.1 Å². The average Bonchev–Trinajstić information content (AvgIpc) is 2.40. The molecule has 1 saturated heterocycles. The fourth-order valence-corrected chi connectivity index (χ4v) is 2.38. The van der Waals surface area contributed by atoms with Crippen LogP contribution in [-0.4, -0.2) is 23.2 Å². The number of nitrogens with two attached hydrogens (primary N) is 1. The first-order valence-corrected chi connectivity index (χ1v) is 5.92. The van der Waals surface area contributed by atoms with Crippen LogP contribution in [0.4, 0.5) is 5.82 Å². The summed E-state index contributed by atoms with van der Waals surface area (Å²) in [6, 6.07) is 6.30. The molecule has 2 N–H and O–H groups in total. The van der Waals surface area contributed by atoms with Gasteiger partial charge in [0.05, 0.1) is 5.52 Å². The van der Waals surface area contributed by atoms with Gasteiger partial charge in [-0.15, -0.1) is 0 Å². The van der Waals surface area contributed by atoms with Crippen LogP contribution in [0, 0.1) is 0 Å². The first kappa shape index (κ1) is 10.5. The number of anilines is 1. The third-order valence-corrected chi connectivity index (χ3v) is 3.38. The molecule has 2 heterocycles. The largest absolute Gasteiger partial charge is 0.383 e. The minimum atomic E-state index is 0.559. The summed E-state index contributed by atoms with van der Waals surface area (Å²) < 4.78 is 5.38. The lowest BCUT2D eigenvalue weighted by Gasteiger charge is -2.22. The summed E-state index contributed by atoms with van der Waals surface area (Å²) in [5, 5.41) is 0.955. The van der Waals surface area contributed by atoms with Gasteiger partial charge in [-0.2, -0.15) is 0 Å². The predicted molar refractivity (Wildman–Crippen MR) is 66.7 cm³/mol. The number of benzene rings is 1. The van der Waals surface area contributed by atoms with Crippen molar-refractivity contribution < 1.29 is 4.74 Å². The number of ether oxygens (including phenoxy) is 1. The summed E-state index contributed by atoms with van der Waals surface area (Å²) in [5.41, 5.74) is 8.11. The third-order valence-electron chi connectivity index (χ3n) is 3.38. The van der Waals surface area contributed by atoms with E-state index >= 15 is 0 Å². The van der Waals surface area contributed by atoms with Gasteiger partial charge in [0.15, 0.2) is 0 Å². The zero-order valence-corrected chi connectivity index (χ0v) is 9.60. The van der Waals surface area contributed by atoms with Gasteiger partial charge >= 0.3 is 0 Å². The molecule has 4 nitrogen and oxygen atoms in total. The second-order valence-corrected chi connectivity index (χ2v) is 4.42. The monoisotopic (exact) mass is 229 g/mol. The molecule has 3 rings (SSSR count). The molecule has 0 radical (unpaired) electrons. The molecule has 1 aliphatic heterocycles. The Kier molecular flexibility index (Phi) is 2.65. The lowest BCUT2D eigenvalue weighted by molar-refractivity contribution is 0.0853. The number of hydrogen-bond donors (Lipinski definition) is 1. The van der Waals surface area contributed by atoms with Crippen molar-refractivity contribution >= 4 is 16.7 Å². The van der Waals surface area contributed by atoms with Gasteiger partial charge in [-0.3, -0.25) is 0 Å². The number of nitrogens with zero attached hydrogens (tertiary/aromatic N) is 2. The molecule has 1 fully saturated rings. The Labute approximate surface area is 99.8 Å². The van der Waals surface area contributed by atoms with Gasteiger partial charge < -0.3 is 10.5 Å². The van der Waals surface area contributed by atoms with Gasteiger partial charge in [-0.05, 0) is 36.5 Å². The Hall–Kier alpha value is -1.68. The maximum atomic E-state index is 5.88. The summed E-state index contributed by atoms with van der Waals surface area (Å²) in [4.78, 5) is 8.25. The van der Waals surface area contributed by atoms with Crippen LogP contribution in [0.15, 0.2) is 24.5 Å². The molecule has 0 saturated carbocycles. The predicted octanol–water partition coefficient (Wildman–Crippen LogP) is 2.11. The Morgan fingerprint density at radius 2 is 2.00 bits per heavy atom. The van der Waals surface area contributed by atoms with Crippen molar-refractivity contribution in [1.82, 2.24) is 9.97 Å². The fourth-order valence-electron chi connectivity index (χ4n) is 2.38. The number of aromatic nitrogens is 2. The van der Waals surface area contributed by atoms with E-state index in [0.29, 0.717) is 11.7 Å². The van der Waals surface area contributed by atoms with Crippen LogP contribution in [0.5, 0.6) is 0 Å². The van der Waals surface area contributed by atoms with Crippen molar-refractivity contribution in [2.45, 2.75) is 18.8 Å². The van der Waals surface area contributed by atoms with Crippen LogP contribution in [0.25, 0.3) is 10.9 Å². The quantitative estimate of drug-likeness (QED) is 0.813. The van der Waals surface area contributed by atoms with Crippen molar-refractivity contribution in [3.63, 3.8) is 0 Å². The van der Waals surface area contributed by atoms with E-state index in [2.05, 4.69) is 22.1 Å². The second kappa shape index (κ2) is 4.30. The van der Waals surface area contributed by atoms with E-state index in [1.165, 1.54) is 11.9 Å². The van der Waals surface area contributed by atoms with Gasteiger partial charge in [0, 0.05) is 18.6 Å². The zero-order chi connectivity index (χ0) is 11.7. The van der Waals surface area contributed by atoms with Crippen molar-refractivity contribution in [2.75, 3.05) is 18.9 Å². The van der Waals surface area contributed by atoms with Crippen LogP contribution in [-0.2, 0) is 4.74 Å². The van der Waals surface area contributed by atoms with Crippen LogP contribution in [0.1, 0.15) is 24.3 Å². The van der Waals surface area contributed by atoms with Crippen molar-refractivity contribution in [2.24, 2.45) is 0 Å². The van der Waals surface area contributed by atoms with E-state index in [4.69, 9.17) is 10.5 Å². The number of fused-ring (bicyclic) bond motifs is 1. The number of rotatable bonds is 1. The van der Waals surface area contributed by atoms with Crippen molar-refractivity contribution in [1.29, 1.82) is 0 Å². The molecular weight excluding hydrogens is 214 g/mol. The van der Waals surface area contributed by atoms with Gasteiger partial charge in [-0.25, -0.2) is 9.97 Å². The zero-order valence-electron chi connectivity index (χ0n) is 9.60. The Balaban J connectivity index is 2.03. The summed E-state index contributed by atoms with van der Waals surface area (Å²) >= 11 is 0. The molecule has 0 spiro atoms. The number of hydrogen-bond acceptors (Lipinski definition) is 4. The van der Waals surface area contributed by atoms with Crippen LogP contribution in [0.2, 0.25) is 0 Å². The first-order chi connectivity index (χ1) is 8.34.